The Morgan fingerprint density at radius 3 is 2.61 bits per heavy atom. The first-order valence-corrected chi connectivity index (χ1v) is 9.25. The number of rotatable bonds is 3. The summed E-state index contributed by atoms with van der Waals surface area (Å²) in [5.74, 6) is -1.75. The third kappa shape index (κ3) is 3.52. The Bertz CT molecular complexity index is 1110. The number of fused-ring (bicyclic) bond motifs is 1. The van der Waals surface area contributed by atoms with Gasteiger partial charge in [0.1, 0.15) is 0 Å². The minimum absolute atomic E-state index is 0.0174. The molecule has 0 saturated carbocycles. The van der Waals surface area contributed by atoms with E-state index in [1.807, 2.05) is 0 Å². The molecule has 1 aliphatic heterocycles. The van der Waals surface area contributed by atoms with Crippen LogP contribution < -0.4 is 10.9 Å². The van der Waals surface area contributed by atoms with Crippen LogP contribution in [0.3, 0.4) is 0 Å². The van der Waals surface area contributed by atoms with Gasteiger partial charge in [-0.2, -0.15) is 5.10 Å². The second-order valence-electron chi connectivity index (χ2n) is 7.05. The van der Waals surface area contributed by atoms with Crippen molar-refractivity contribution in [1.82, 2.24) is 15.1 Å². The van der Waals surface area contributed by atoms with Crippen molar-refractivity contribution < 1.29 is 13.6 Å². The monoisotopic (exact) mass is 383 g/mol. The summed E-state index contributed by atoms with van der Waals surface area (Å²) in [6.07, 6.45) is 1.85. The first kappa shape index (κ1) is 18.3. The Hall–Kier alpha value is -3.09. The molecule has 144 valence electrons. The molecular formula is C21H19F2N3O2. The van der Waals surface area contributed by atoms with Gasteiger partial charge in [-0.05, 0) is 43.0 Å². The molecule has 1 N–H and O–H groups in total. The molecule has 7 heteroatoms. The number of carbonyl (C=O) groups excluding carboxylic acids is 1. The van der Waals surface area contributed by atoms with Crippen LogP contribution >= 0.6 is 0 Å². The largest absolute Gasteiger partial charge is 0.356 e. The van der Waals surface area contributed by atoms with E-state index in [2.05, 4.69) is 10.4 Å². The van der Waals surface area contributed by atoms with Gasteiger partial charge < -0.3 is 5.32 Å². The fraction of sp³-hybridized carbons (Fsp3) is 0.286. The molecule has 0 bridgehead atoms. The zero-order chi connectivity index (χ0) is 19.7. The molecule has 3 aromatic rings. The molecular weight excluding hydrogens is 364 g/mol. The first-order chi connectivity index (χ1) is 13.5. The lowest BCUT2D eigenvalue weighted by atomic mass is 10.0. The van der Waals surface area contributed by atoms with E-state index in [1.54, 1.807) is 24.3 Å². The van der Waals surface area contributed by atoms with Gasteiger partial charge in [0.25, 0.3) is 5.56 Å². The van der Waals surface area contributed by atoms with Gasteiger partial charge >= 0.3 is 0 Å². The summed E-state index contributed by atoms with van der Waals surface area (Å²) in [5.41, 5.74) is 0.601. The summed E-state index contributed by atoms with van der Waals surface area (Å²) in [5, 5.41) is 8.39. The summed E-state index contributed by atoms with van der Waals surface area (Å²) in [4.78, 5) is 24.5. The van der Waals surface area contributed by atoms with E-state index < -0.39 is 11.6 Å². The average Bonchev–Trinajstić information content (AvgIpc) is 2.90. The number of aromatic nitrogens is 2. The lowest BCUT2D eigenvalue weighted by Crippen LogP contribution is -2.28. The van der Waals surface area contributed by atoms with Crippen LogP contribution in [0.4, 0.5) is 8.78 Å². The molecule has 1 aliphatic rings. The Morgan fingerprint density at radius 2 is 1.82 bits per heavy atom. The highest BCUT2D eigenvalue weighted by atomic mass is 19.2. The third-order valence-corrected chi connectivity index (χ3v) is 5.15. The van der Waals surface area contributed by atoms with Crippen molar-refractivity contribution in [2.24, 2.45) is 5.92 Å². The molecule has 5 nitrogen and oxygen atoms in total. The van der Waals surface area contributed by atoms with Crippen LogP contribution in [0.25, 0.3) is 22.0 Å². The van der Waals surface area contributed by atoms with Crippen LogP contribution in [0.2, 0.25) is 0 Å². The quantitative estimate of drug-likeness (QED) is 0.755. The number of benzene rings is 2. The van der Waals surface area contributed by atoms with Crippen LogP contribution in [-0.4, -0.2) is 22.2 Å². The van der Waals surface area contributed by atoms with Crippen molar-refractivity contribution in [3.8, 4) is 11.3 Å². The minimum atomic E-state index is -0.963. The Balaban J connectivity index is 1.81. The molecule has 1 atom stereocenters. The molecule has 1 amide bonds. The predicted octanol–water partition coefficient (Wildman–Crippen LogP) is 3.26. The number of nitrogens with one attached hydrogen (secondary N) is 1. The van der Waals surface area contributed by atoms with Crippen molar-refractivity contribution in [2.75, 3.05) is 6.54 Å². The molecule has 1 fully saturated rings. The second-order valence-corrected chi connectivity index (χ2v) is 7.05. The van der Waals surface area contributed by atoms with Gasteiger partial charge in [0.2, 0.25) is 5.91 Å². The van der Waals surface area contributed by atoms with Crippen LogP contribution in [0.1, 0.15) is 19.3 Å². The Morgan fingerprint density at radius 1 is 1.04 bits per heavy atom. The zero-order valence-electron chi connectivity index (χ0n) is 15.1. The van der Waals surface area contributed by atoms with E-state index in [0.717, 1.165) is 18.6 Å². The maximum atomic E-state index is 13.8. The van der Waals surface area contributed by atoms with Crippen molar-refractivity contribution in [1.29, 1.82) is 0 Å². The van der Waals surface area contributed by atoms with Crippen molar-refractivity contribution in [3.63, 3.8) is 0 Å². The topological polar surface area (TPSA) is 64.0 Å². The fourth-order valence-electron chi connectivity index (χ4n) is 3.63. The SMILES string of the molecule is O=C1CCC(Cn2nc(-c3ccc(F)c(F)c3)c3ccccc3c2=O)CCN1. The van der Waals surface area contributed by atoms with Gasteiger partial charge in [0.05, 0.1) is 11.1 Å². The number of halogens is 2. The normalized spacial score (nSPS) is 17.4. The minimum Gasteiger partial charge on any atom is -0.356 e. The van der Waals surface area contributed by atoms with Crippen molar-refractivity contribution in [3.05, 3.63) is 64.5 Å². The van der Waals surface area contributed by atoms with Crippen LogP contribution in [0, 0.1) is 17.6 Å². The van der Waals surface area contributed by atoms with Gasteiger partial charge in [-0.1, -0.05) is 18.2 Å². The van der Waals surface area contributed by atoms with Crippen LogP contribution in [-0.2, 0) is 11.3 Å². The predicted molar refractivity (Wildman–Crippen MR) is 102 cm³/mol. The fourth-order valence-corrected chi connectivity index (χ4v) is 3.63. The van der Waals surface area contributed by atoms with E-state index in [1.165, 1.54) is 10.7 Å². The highest BCUT2D eigenvalue weighted by Gasteiger charge is 2.19. The average molecular weight is 383 g/mol. The number of nitrogens with zero attached hydrogens (tertiary/aromatic N) is 2. The van der Waals surface area contributed by atoms with Gasteiger partial charge in [-0.3, -0.25) is 9.59 Å². The summed E-state index contributed by atoms with van der Waals surface area (Å²) in [6.45, 7) is 0.942. The molecule has 4 rings (SSSR count). The maximum Gasteiger partial charge on any atom is 0.274 e. The lowest BCUT2D eigenvalue weighted by molar-refractivity contribution is -0.120. The van der Waals surface area contributed by atoms with Gasteiger partial charge in [-0.15, -0.1) is 0 Å². The number of hydrogen-bond donors (Lipinski definition) is 1. The van der Waals surface area contributed by atoms with Crippen LogP contribution in [0.5, 0.6) is 0 Å². The van der Waals surface area contributed by atoms with Crippen LogP contribution in [0.15, 0.2) is 47.3 Å². The van der Waals surface area contributed by atoms with Gasteiger partial charge in [0.15, 0.2) is 11.6 Å². The van der Waals surface area contributed by atoms with Crippen molar-refractivity contribution in [2.45, 2.75) is 25.8 Å². The lowest BCUT2D eigenvalue weighted by Gasteiger charge is -2.16. The van der Waals surface area contributed by atoms with E-state index in [0.29, 0.717) is 48.0 Å². The van der Waals surface area contributed by atoms with Crippen molar-refractivity contribution >= 4 is 16.7 Å². The summed E-state index contributed by atoms with van der Waals surface area (Å²) in [7, 11) is 0. The maximum absolute atomic E-state index is 13.8. The van der Waals surface area contributed by atoms with E-state index in [9.17, 15) is 18.4 Å². The molecule has 0 radical (unpaired) electrons. The molecule has 1 unspecified atom stereocenters. The Labute approximate surface area is 160 Å². The first-order valence-electron chi connectivity index (χ1n) is 9.25. The summed E-state index contributed by atoms with van der Waals surface area (Å²) < 4.78 is 28.5. The Kier molecular flexibility index (Phi) is 4.90. The number of hydrogen-bond acceptors (Lipinski definition) is 3. The molecule has 1 saturated heterocycles. The summed E-state index contributed by atoms with van der Waals surface area (Å²) in [6, 6.07) is 10.6. The third-order valence-electron chi connectivity index (χ3n) is 5.15. The standard InChI is InChI=1S/C21H19F2N3O2/c22-17-7-6-14(11-18(17)23)20-15-3-1-2-4-16(15)21(28)26(25-20)12-13-5-8-19(27)24-10-9-13/h1-4,6-7,11,13H,5,8-10,12H2,(H,24,27). The smallest absolute Gasteiger partial charge is 0.274 e. The molecule has 2 heterocycles. The highest BCUT2D eigenvalue weighted by molar-refractivity contribution is 5.93. The highest BCUT2D eigenvalue weighted by Crippen LogP contribution is 2.26. The van der Waals surface area contributed by atoms with Gasteiger partial charge in [0, 0.05) is 30.5 Å². The molecule has 0 aliphatic carbocycles. The summed E-state index contributed by atoms with van der Waals surface area (Å²) >= 11 is 0. The number of amides is 1. The van der Waals surface area contributed by atoms with Gasteiger partial charge in [-0.25, -0.2) is 13.5 Å². The molecule has 0 spiro atoms. The van der Waals surface area contributed by atoms with E-state index >= 15 is 0 Å². The second kappa shape index (κ2) is 7.50. The number of carbonyl (C=O) groups is 1. The van der Waals surface area contributed by atoms with E-state index in [4.69, 9.17) is 0 Å². The van der Waals surface area contributed by atoms with E-state index in [-0.39, 0.29) is 17.4 Å². The molecule has 2 aromatic carbocycles. The molecule has 1 aromatic heterocycles. The molecule has 28 heavy (non-hydrogen) atoms. The zero-order valence-corrected chi connectivity index (χ0v) is 15.1.